The van der Waals surface area contributed by atoms with Gasteiger partial charge in [0.05, 0.1) is 11.0 Å². The molecule has 0 atom stereocenters. The Balaban J connectivity index is 0.000000659. The molecule has 0 amide bonds. The van der Waals surface area contributed by atoms with Gasteiger partial charge >= 0.3 is 11.1 Å². The smallest absolute Gasteiger partial charge is 0.305 e. The third-order valence-electron chi connectivity index (χ3n) is 2.40. The lowest BCUT2D eigenvalue weighted by Crippen LogP contribution is -2.39. The largest absolute Gasteiger partial charge is 0.316 e. The van der Waals surface area contributed by atoms with Crippen molar-refractivity contribution in [1.82, 2.24) is 9.13 Å². The average Bonchev–Trinajstić information content (AvgIpc) is 2.47. The van der Waals surface area contributed by atoms with Crippen LogP contribution in [0.2, 0.25) is 0 Å². The molecule has 0 radical (unpaired) electrons. The third kappa shape index (κ3) is 2.88. The highest BCUT2D eigenvalue weighted by molar-refractivity contribution is 5.74. The van der Waals surface area contributed by atoms with Gasteiger partial charge in [-0.2, -0.15) is 0 Å². The first kappa shape index (κ1) is 16.2. The first-order valence-electron chi connectivity index (χ1n) is 6.27. The van der Waals surface area contributed by atoms with E-state index < -0.39 is 11.1 Å². The van der Waals surface area contributed by atoms with Crippen molar-refractivity contribution in [1.29, 1.82) is 0 Å². The Morgan fingerprint density at radius 1 is 0.722 bits per heavy atom. The normalized spacial score (nSPS) is 9.00. The van der Waals surface area contributed by atoms with Crippen LogP contribution in [-0.4, -0.2) is 9.13 Å². The predicted molar refractivity (Wildman–Crippen MR) is 77.1 cm³/mol. The van der Waals surface area contributed by atoms with E-state index in [1.165, 1.54) is 9.13 Å². The molecule has 0 aliphatic carbocycles. The molecule has 0 unspecified atom stereocenters. The summed E-state index contributed by atoms with van der Waals surface area (Å²) in [5.74, 6) is 0. The van der Waals surface area contributed by atoms with Gasteiger partial charge in [-0.1, -0.05) is 39.8 Å². The minimum atomic E-state index is -0.494. The molecule has 1 aromatic heterocycles. The average molecular weight is 250 g/mol. The van der Waals surface area contributed by atoms with Crippen molar-refractivity contribution in [2.24, 2.45) is 14.1 Å². The van der Waals surface area contributed by atoms with Crippen molar-refractivity contribution in [2.45, 2.75) is 27.7 Å². The highest BCUT2D eigenvalue weighted by Gasteiger charge is 2.06. The van der Waals surface area contributed by atoms with Crippen LogP contribution in [0.25, 0.3) is 11.0 Å². The molecule has 18 heavy (non-hydrogen) atoms. The highest BCUT2D eigenvalue weighted by Crippen LogP contribution is 2.07. The Morgan fingerprint density at radius 2 is 1.00 bits per heavy atom. The van der Waals surface area contributed by atoms with Gasteiger partial charge in [-0.3, -0.25) is 9.59 Å². The maximum atomic E-state index is 11.4. The lowest BCUT2D eigenvalue weighted by atomic mass is 10.3. The summed E-state index contributed by atoms with van der Waals surface area (Å²) in [6.45, 7) is 8.00. The second-order valence-electron chi connectivity index (χ2n) is 3.22. The Kier molecular flexibility index (Phi) is 6.71. The fourth-order valence-corrected chi connectivity index (χ4v) is 1.54. The fraction of sp³-hybridized carbons (Fsp3) is 0.429. The van der Waals surface area contributed by atoms with Crippen LogP contribution in [0.3, 0.4) is 0 Å². The number of rotatable bonds is 0. The molecule has 1 heterocycles. The zero-order valence-corrected chi connectivity index (χ0v) is 12.0. The van der Waals surface area contributed by atoms with Gasteiger partial charge in [-0.05, 0) is 12.1 Å². The van der Waals surface area contributed by atoms with Gasteiger partial charge in [0.2, 0.25) is 0 Å². The lowest BCUT2D eigenvalue weighted by Gasteiger charge is -2.07. The van der Waals surface area contributed by atoms with E-state index in [2.05, 4.69) is 0 Å². The van der Waals surface area contributed by atoms with Crippen molar-refractivity contribution in [2.75, 3.05) is 0 Å². The minimum Gasteiger partial charge on any atom is -0.305 e. The summed E-state index contributed by atoms with van der Waals surface area (Å²) in [6, 6.07) is 7.31. The van der Waals surface area contributed by atoms with E-state index in [1.807, 2.05) is 52.0 Å². The molecule has 0 spiro atoms. The Bertz CT molecular complexity index is 555. The summed E-state index contributed by atoms with van der Waals surface area (Å²) >= 11 is 0. The summed E-state index contributed by atoms with van der Waals surface area (Å²) in [6.07, 6.45) is 0. The predicted octanol–water partition coefficient (Wildman–Crippen LogP) is 2.29. The molecule has 0 bridgehead atoms. The van der Waals surface area contributed by atoms with Gasteiger partial charge in [0.1, 0.15) is 0 Å². The monoisotopic (exact) mass is 250 g/mol. The zero-order valence-electron chi connectivity index (χ0n) is 12.0. The van der Waals surface area contributed by atoms with Crippen LogP contribution in [0.5, 0.6) is 0 Å². The molecular formula is C14H22N2O2. The molecule has 100 valence electrons. The molecule has 0 aliphatic heterocycles. The standard InChI is InChI=1S/C10H10N2O2.2C2H6/c1-11-7-5-3-4-6-8(7)12(2)10(14)9(11)13;2*1-2/h3-6H,1-2H3;2*1-2H3. The number of hydrogen-bond donors (Lipinski definition) is 0. The summed E-state index contributed by atoms with van der Waals surface area (Å²) in [5, 5.41) is 0. The number of aryl methyl sites for hydroxylation is 2. The SMILES string of the molecule is CC.CC.Cn1c(=O)c(=O)n(C)c2ccccc21. The Morgan fingerprint density at radius 3 is 1.28 bits per heavy atom. The number of hydrogen-bond acceptors (Lipinski definition) is 2. The number of fused-ring (bicyclic) bond motifs is 1. The molecule has 0 aliphatic rings. The molecule has 1 aromatic carbocycles. The van der Waals surface area contributed by atoms with Crippen LogP contribution >= 0.6 is 0 Å². The van der Waals surface area contributed by atoms with Crippen molar-refractivity contribution in [3.8, 4) is 0 Å². The zero-order chi connectivity index (χ0) is 14.3. The molecule has 0 saturated heterocycles. The van der Waals surface area contributed by atoms with E-state index in [4.69, 9.17) is 0 Å². The van der Waals surface area contributed by atoms with Crippen LogP contribution in [0.4, 0.5) is 0 Å². The second-order valence-corrected chi connectivity index (χ2v) is 3.22. The van der Waals surface area contributed by atoms with Gasteiger partial charge in [0.15, 0.2) is 0 Å². The van der Waals surface area contributed by atoms with E-state index in [1.54, 1.807) is 14.1 Å². The van der Waals surface area contributed by atoms with Crippen LogP contribution in [-0.2, 0) is 14.1 Å². The van der Waals surface area contributed by atoms with E-state index in [9.17, 15) is 9.59 Å². The van der Waals surface area contributed by atoms with Gasteiger partial charge in [-0.15, -0.1) is 0 Å². The fourth-order valence-electron chi connectivity index (χ4n) is 1.54. The molecule has 2 aromatic rings. The summed E-state index contributed by atoms with van der Waals surface area (Å²) in [5.41, 5.74) is 0.539. The Hall–Kier alpha value is -1.84. The first-order valence-corrected chi connectivity index (χ1v) is 6.27. The second kappa shape index (κ2) is 7.48. The molecule has 4 heteroatoms. The Labute approximate surface area is 107 Å². The molecular weight excluding hydrogens is 228 g/mol. The summed E-state index contributed by atoms with van der Waals surface area (Å²) < 4.78 is 2.75. The van der Waals surface area contributed by atoms with Crippen molar-refractivity contribution < 1.29 is 0 Å². The minimum absolute atomic E-state index is 0.494. The quantitative estimate of drug-likeness (QED) is 0.673. The number of benzene rings is 1. The molecule has 4 nitrogen and oxygen atoms in total. The maximum Gasteiger partial charge on any atom is 0.316 e. The van der Waals surface area contributed by atoms with E-state index >= 15 is 0 Å². The van der Waals surface area contributed by atoms with Crippen LogP contribution < -0.4 is 11.1 Å². The van der Waals surface area contributed by atoms with E-state index in [-0.39, 0.29) is 0 Å². The molecule has 2 rings (SSSR count). The molecule has 0 N–H and O–H groups in total. The third-order valence-corrected chi connectivity index (χ3v) is 2.40. The van der Waals surface area contributed by atoms with Crippen LogP contribution in [0.15, 0.2) is 33.9 Å². The number of para-hydroxylation sites is 2. The lowest BCUT2D eigenvalue weighted by molar-refractivity contribution is 0.799. The van der Waals surface area contributed by atoms with Crippen LogP contribution in [0, 0.1) is 0 Å². The van der Waals surface area contributed by atoms with E-state index in [0.717, 1.165) is 11.0 Å². The van der Waals surface area contributed by atoms with Gasteiger partial charge in [-0.25, -0.2) is 0 Å². The number of nitrogens with zero attached hydrogens (tertiary/aromatic N) is 2. The van der Waals surface area contributed by atoms with Crippen LogP contribution in [0.1, 0.15) is 27.7 Å². The first-order chi connectivity index (χ1) is 8.63. The van der Waals surface area contributed by atoms with Gasteiger partial charge in [0.25, 0.3) is 0 Å². The summed E-state index contributed by atoms with van der Waals surface area (Å²) in [7, 11) is 3.21. The van der Waals surface area contributed by atoms with Crippen molar-refractivity contribution >= 4 is 11.0 Å². The van der Waals surface area contributed by atoms with Crippen molar-refractivity contribution in [3.63, 3.8) is 0 Å². The summed E-state index contributed by atoms with van der Waals surface area (Å²) in [4.78, 5) is 22.9. The topological polar surface area (TPSA) is 44.0 Å². The van der Waals surface area contributed by atoms with Gasteiger partial charge in [0, 0.05) is 14.1 Å². The maximum absolute atomic E-state index is 11.4. The van der Waals surface area contributed by atoms with Crippen molar-refractivity contribution in [3.05, 3.63) is 45.0 Å². The number of aromatic nitrogens is 2. The molecule has 0 fully saturated rings. The molecule has 0 saturated carbocycles. The van der Waals surface area contributed by atoms with Gasteiger partial charge < -0.3 is 9.13 Å². The highest BCUT2D eigenvalue weighted by atomic mass is 16.2. The van der Waals surface area contributed by atoms with E-state index in [0.29, 0.717) is 0 Å².